The van der Waals surface area contributed by atoms with Crippen molar-refractivity contribution in [1.29, 1.82) is 0 Å². The fourth-order valence-corrected chi connectivity index (χ4v) is 3.25. The molecule has 0 aliphatic rings. The highest BCUT2D eigenvalue weighted by molar-refractivity contribution is 7.22. The predicted molar refractivity (Wildman–Crippen MR) is 83.0 cm³/mol. The second-order valence-electron chi connectivity index (χ2n) is 4.59. The van der Waals surface area contributed by atoms with Crippen LogP contribution >= 0.6 is 11.3 Å². The average molecular weight is 300 g/mol. The third-order valence-electron chi connectivity index (χ3n) is 3.24. The summed E-state index contributed by atoms with van der Waals surface area (Å²) in [6.45, 7) is 1.73. The van der Waals surface area contributed by atoms with Gasteiger partial charge in [-0.15, -0.1) is 11.3 Å². The molecule has 0 atom stereocenters. The van der Waals surface area contributed by atoms with E-state index in [1.54, 1.807) is 26.2 Å². The van der Waals surface area contributed by atoms with Gasteiger partial charge in [-0.25, -0.2) is 4.98 Å². The van der Waals surface area contributed by atoms with Crippen molar-refractivity contribution in [1.82, 2.24) is 4.98 Å². The summed E-state index contributed by atoms with van der Waals surface area (Å²) in [6, 6.07) is 10.8. The molecule has 6 heteroatoms. The number of methoxy groups -OCH3 is 1. The summed E-state index contributed by atoms with van der Waals surface area (Å²) in [5, 5.41) is 11.7. The molecule has 0 unspecified atom stereocenters. The van der Waals surface area contributed by atoms with Crippen LogP contribution in [0.5, 0.6) is 5.75 Å². The van der Waals surface area contributed by atoms with Gasteiger partial charge in [-0.05, 0) is 31.2 Å². The number of ether oxygens (including phenoxy) is 1. The molecule has 3 rings (SSSR count). The molecule has 2 aromatic carbocycles. The standard InChI is InChI=1S/C15H12N2O3S/c1-9-8-10(6-7-12(9)17(18)19)15-16-11-4-3-5-13(20-2)14(11)21-15/h3-8H,1-2H3. The Kier molecular flexibility index (Phi) is 3.31. The number of fused-ring (bicyclic) bond motifs is 1. The van der Waals surface area contributed by atoms with Crippen LogP contribution < -0.4 is 4.74 Å². The van der Waals surface area contributed by atoms with Crippen LogP contribution in [0.3, 0.4) is 0 Å². The number of aromatic nitrogens is 1. The minimum Gasteiger partial charge on any atom is -0.495 e. The molecule has 0 bridgehead atoms. The van der Waals surface area contributed by atoms with E-state index >= 15 is 0 Å². The number of nitro benzene ring substituents is 1. The Labute approximate surface area is 125 Å². The van der Waals surface area contributed by atoms with E-state index < -0.39 is 0 Å². The van der Waals surface area contributed by atoms with Gasteiger partial charge in [0.15, 0.2) is 0 Å². The lowest BCUT2D eigenvalue weighted by atomic mass is 10.1. The van der Waals surface area contributed by atoms with E-state index in [4.69, 9.17) is 4.74 Å². The van der Waals surface area contributed by atoms with Gasteiger partial charge in [-0.1, -0.05) is 6.07 Å². The fourth-order valence-electron chi connectivity index (χ4n) is 2.20. The van der Waals surface area contributed by atoms with Crippen LogP contribution in [0.15, 0.2) is 36.4 Å². The maximum absolute atomic E-state index is 10.9. The molecule has 0 N–H and O–H groups in total. The summed E-state index contributed by atoms with van der Waals surface area (Å²) in [5.41, 5.74) is 2.49. The van der Waals surface area contributed by atoms with Gasteiger partial charge in [0, 0.05) is 17.2 Å². The first-order valence-electron chi connectivity index (χ1n) is 6.29. The predicted octanol–water partition coefficient (Wildman–Crippen LogP) is 4.19. The van der Waals surface area contributed by atoms with Crippen LogP contribution in [0.25, 0.3) is 20.8 Å². The zero-order chi connectivity index (χ0) is 15.0. The van der Waals surface area contributed by atoms with E-state index in [0.717, 1.165) is 26.5 Å². The van der Waals surface area contributed by atoms with Gasteiger partial charge in [0.25, 0.3) is 5.69 Å². The fraction of sp³-hybridized carbons (Fsp3) is 0.133. The summed E-state index contributed by atoms with van der Waals surface area (Å²) in [7, 11) is 1.63. The van der Waals surface area contributed by atoms with Crippen molar-refractivity contribution >= 4 is 27.2 Å². The lowest BCUT2D eigenvalue weighted by molar-refractivity contribution is -0.385. The summed E-state index contributed by atoms with van der Waals surface area (Å²) >= 11 is 1.52. The van der Waals surface area contributed by atoms with Gasteiger partial charge >= 0.3 is 0 Å². The molecule has 5 nitrogen and oxygen atoms in total. The first kappa shape index (κ1) is 13.5. The Balaban J connectivity index is 2.12. The van der Waals surface area contributed by atoms with Crippen LogP contribution in [0.1, 0.15) is 5.56 Å². The monoisotopic (exact) mass is 300 g/mol. The summed E-state index contributed by atoms with van der Waals surface area (Å²) in [4.78, 5) is 15.1. The normalized spacial score (nSPS) is 10.8. The molecule has 0 radical (unpaired) electrons. The molecule has 0 amide bonds. The Morgan fingerprint density at radius 2 is 2.10 bits per heavy atom. The quantitative estimate of drug-likeness (QED) is 0.537. The number of benzene rings is 2. The minimum absolute atomic E-state index is 0.123. The molecular weight excluding hydrogens is 288 g/mol. The van der Waals surface area contributed by atoms with Crippen molar-refractivity contribution < 1.29 is 9.66 Å². The second-order valence-corrected chi connectivity index (χ2v) is 5.58. The third kappa shape index (κ3) is 2.34. The Bertz CT molecular complexity index is 842. The maximum atomic E-state index is 10.9. The zero-order valence-electron chi connectivity index (χ0n) is 11.5. The molecule has 1 aromatic heterocycles. The van der Waals surface area contributed by atoms with Crippen molar-refractivity contribution in [3.63, 3.8) is 0 Å². The molecule has 0 aliphatic heterocycles. The van der Waals surface area contributed by atoms with Gasteiger partial charge in [0.2, 0.25) is 0 Å². The molecular formula is C15H12N2O3S. The Morgan fingerprint density at radius 3 is 2.76 bits per heavy atom. The third-order valence-corrected chi connectivity index (χ3v) is 4.37. The number of hydrogen-bond acceptors (Lipinski definition) is 5. The zero-order valence-corrected chi connectivity index (χ0v) is 12.3. The van der Waals surface area contributed by atoms with Crippen LogP contribution in [0, 0.1) is 17.0 Å². The van der Waals surface area contributed by atoms with Gasteiger partial charge in [-0.2, -0.15) is 0 Å². The van der Waals surface area contributed by atoms with E-state index in [-0.39, 0.29) is 10.6 Å². The number of nitrogens with zero attached hydrogens (tertiary/aromatic N) is 2. The highest BCUT2D eigenvalue weighted by Gasteiger charge is 2.14. The van der Waals surface area contributed by atoms with Gasteiger partial charge < -0.3 is 4.74 Å². The van der Waals surface area contributed by atoms with Crippen molar-refractivity contribution in [3.05, 3.63) is 52.1 Å². The number of aryl methyl sites for hydroxylation is 1. The molecule has 3 aromatic rings. The summed E-state index contributed by atoms with van der Waals surface area (Å²) in [6.07, 6.45) is 0. The second kappa shape index (κ2) is 5.14. The molecule has 0 saturated carbocycles. The highest BCUT2D eigenvalue weighted by atomic mass is 32.1. The van der Waals surface area contributed by atoms with Gasteiger partial charge in [0.05, 0.1) is 22.2 Å². The van der Waals surface area contributed by atoms with E-state index in [1.807, 2.05) is 18.2 Å². The van der Waals surface area contributed by atoms with E-state index in [2.05, 4.69) is 4.98 Å². The molecule has 0 saturated heterocycles. The summed E-state index contributed by atoms with van der Waals surface area (Å²) in [5.74, 6) is 0.787. The van der Waals surface area contributed by atoms with Crippen LogP contribution in [-0.2, 0) is 0 Å². The van der Waals surface area contributed by atoms with E-state index in [0.29, 0.717) is 5.56 Å². The van der Waals surface area contributed by atoms with Gasteiger partial charge in [0.1, 0.15) is 10.8 Å². The van der Waals surface area contributed by atoms with Gasteiger partial charge in [-0.3, -0.25) is 10.1 Å². The minimum atomic E-state index is -0.375. The first-order valence-corrected chi connectivity index (χ1v) is 7.11. The largest absolute Gasteiger partial charge is 0.495 e. The molecule has 1 heterocycles. The first-order chi connectivity index (χ1) is 10.1. The Morgan fingerprint density at radius 1 is 1.29 bits per heavy atom. The highest BCUT2D eigenvalue weighted by Crippen LogP contribution is 2.36. The molecule has 0 aliphatic carbocycles. The smallest absolute Gasteiger partial charge is 0.272 e. The molecule has 21 heavy (non-hydrogen) atoms. The van der Waals surface area contributed by atoms with Crippen LogP contribution in [0.4, 0.5) is 5.69 Å². The lowest BCUT2D eigenvalue weighted by Gasteiger charge is -2.00. The number of hydrogen-bond donors (Lipinski definition) is 0. The SMILES string of the molecule is COc1cccc2nc(-c3ccc([N+](=O)[O-])c(C)c3)sc12. The number of nitro groups is 1. The number of thiazole rings is 1. The summed E-state index contributed by atoms with van der Waals surface area (Å²) < 4.78 is 6.31. The van der Waals surface area contributed by atoms with Crippen molar-refractivity contribution in [2.75, 3.05) is 7.11 Å². The van der Waals surface area contributed by atoms with Crippen LogP contribution in [0.2, 0.25) is 0 Å². The number of rotatable bonds is 3. The van der Waals surface area contributed by atoms with Crippen molar-refractivity contribution in [2.45, 2.75) is 6.92 Å². The van der Waals surface area contributed by atoms with E-state index in [1.165, 1.54) is 17.4 Å². The Hall–Kier alpha value is -2.47. The average Bonchev–Trinajstić information content (AvgIpc) is 2.90. The molecule has 0 spiro atoms. The van der Waals surface area contributed by atoms with Crippen molar-refractivity contribution in [2.24, 2.45) is 0 Å². The topological polar surface area (TPSA) is 65.3 Å². The lowest BCUT2D eigenvalue weighted by Crippen LogP contribution is -1.91. The molecule has 0 fully saturated rings. The van der Waals surface area contributed by atoms with Crippen LogP contribution in [-0.4, -0.2) is 17.0 Å². The molecule has 106 valence electrons. The maximum Gasteiger partial charge on any atom is 0.272 e. The van der Waals surface area contributed by atoms with E-state index in [9.17, 15) is 10.1 Å². The van der Waals surface area contributed by atoms with Crippen molar-refractivity contribution in [3.8, 4) is 16.3 Å².